The fourth-order valence-corrected chi connectivity index (χ4v) is 2.03. The summed E-state index contributed by atoms with van der Waals surface area (Å²) in [6.45, 7) is 8.18. The van der Waals surface area contributed by atoms with E-state index in [1.165, 1.54) is 0 Å². The van der Waals surface area contributed by atoms with Crippen molar-refractivity contribution >= 4 is 18.4 Å². The van der Waals surface area contributed by atoms with Crippen molar-refractivity contribution in [1.82, 2.24) is 9.38 Å². The molecule has 5 heteroatoms. The van der Waals surface area contributed by atoms with Crippen molar-refractivity contribution < 1.29 is 9.31 Å². The van der Waals surface area contributed by atoms with Gasteiger partial charge >= 0.3 is 7.12 Å². The molecule has 94 valence electrons. The lowest BCUT2D eigenvalue weighted by Gasteiger charge is -2.32. The van der Waals surface area contributed by atoms with E-state index < -0.39 is 7.12 Å². The maximum atomic E-state index is 5.98. The zero-order chi connectivity index (χ0) is 13.0. The Balaban J connectivity index is 1.97. The summed E-state index contributed by atoms with van der Waals surface area (Å²) < 4.78 is 13.9. The molecule has 1 aliphatic heterocycles. The van der Waals surface area contributed by atoms with Crippen molar-refractivity contribution in [2.75, 3.05) is 0 Å². The van der Waals surface area contributed by atoms with E-state index in [4.69, 9.17) is 9.31 Å². The van der Waals surface area contributed by atoms with Crippen LogP contribution in [0, 0.1) is 0 Å². The molecule has 0 N–H and O–H groups in total. The summed E-state index contributed by atoms with van der Waals surface area (Å²) in [5, 5.41) is 0. The summed E-state index contributed by atoms with van der Waals surface area (Å²) in [5.74, 6) is 0. The average molecular weight is 244 g/mol. The molecule has 0 bridgehead atoms. The Morgan fingerprint density at radius 1 is 1.11 bits per heavy atom. The molecule has 2 aromatic rings. The monoisotopic (exact) mass is 244 g/mol. The van der Waals surface area contributed by atoms with E-state index in [1.807, 2.05) is 62.7 Å². The normalized spacial score (nSPS) is 21.7. The van der Waals surface area contributed by atoms with Crippen LogP contribution in [0.4, 0.5) is 0 Å². The van der Waals surface area contributed by atoms with Crippen LogP contribution < -0.4 is 5.59 Å². The van der Waals surface area contributed by atoms with Gasteiger partial charge in [0.2, 0.25) is 0 Å². The highest BCUT2D eigenvalue weighted by atomic mass is 16.7. The summed E-state index contributed by atoms with van der Waals surface area (Å²) >= 11 is 0. The molecule has 0 spiro atoms. The minimum atomic E-state index is -0.394. The third-order valence-electron chi connectivity index (χ3n) is 3.88. The first-order valence-electron chi connectivity index (χ1n) is 6.18. The van der Waals surface area contributed by atoms with Crippen LogP contribution in [-0.2, 0) is 9.31 Å². The van der Waals surface area contributed by atoms with E-state index in [-0.39, 0.29) is 11.2 Å². The van der Waals surface area contributed by atoms with E-state index in [9.17, 15) is 0 Å². The van der Waals surface area contributed by atoms with Gasteiger partial charge in [-0.3, -0.25) is 0 Å². The third kappa shape index (κ3) is 1.66. The molecule has 0 unspecified atom stereocenters. The zero-order valence-electron chi connectivity index (χ0n) is 11.2. The summed E-state index contributed by atoms with van der Waals surface area (Å²) in [6.07, 6.45) is 3.93. The maximum absolute atomic E-state index is 5.98. The van der Waals surface area contributed by atoms with Gasteiger partial charge in [0.15, 0.2) is 0 Å². The Bertz CT molecular complexity index is 542. The lowest BCUT2D eigenvalue weighted by molar-refractivity contribution is 0.00578. The number of fused-ring (bicyclic) bond motifs is 1. The second kappa shape index (κ2) is 3.59. The van der Waals surface area contributed by atoms with Gasteiger partial charge in [0.25, 0.3) is 0 Å². The Morgan fingerprint density at radius 3 is 2.39 bits per heavy atom. The van der Waals surface area contributed by atoms with Crippen molar-refractivity contribution in [3.8, 4) is 0 Å². The third-order valence-corrected chi connectivity index (χ3v) is 3.88. The van der Waals surface area contributed by atoms with E-state index >= 15 is 0 Å². The number of imidazole rings is 1. The predicted molar refractivity (Wildman–Crippen MR) is 70.9 cm³/mol. The number of nitrogens with zero attached hydrogens (tertiary/aromatic N) is 2. The van der Waals surface area contributed by atoms with Gasteiger partial charge in [-0.25, -0.2) is 4.98 Å². The lowest BCUT2D eigenvalue weighted by Crippen LogP contribution is -2.41. The Kier molecular flexibility index (Phi) is 2.34. The van der Waals surface area contributed by atoms with Gasteiger partial charge in [0, 0.05) is 12.4 Å². The first-order valence-corrected chi connectivity index (χ1v) is 6.18. The molecule has 0 saturated carbocycles. The topological polar surface area (TPSA) is 35.8 Å². The highest BCUT2D eigenvalue weighted by Crippen LogP contribution is 2.36. The van der Waals surface area contributed by atoms with E-state index in [0.717, 1.165) is 11.2 Å². The smallest absolute Gasteiger partial charge is 0.398 e. The van der Waals surface area contributed by atoms with Crippen LogP contribution in [0.1, 0.15) is 27.7 Å². The van der Waals surface area contributed by atoms with E-state index in [0.29, 0.717) is 0 Å². The van der Waals surface area contributed by atoms with Crippen molar-refractivity contribution in [2.45, 2.75) is 38.9 Å². The second-order valence-corrected chi connectivity index (χ2v) is 5.72. The Morgan fingerprint density at radius 2 is 1.78 bits per heavy atom. The first-order chi connectivity index (χ1) is 8.39. The molecule has 0 aromatic carbocycles. The summed E-state index contributed by atoms with van der Waals surface area (Å²) in [4.78, 5) is 4.54. The van der Waals surface area contributed by atoms with Crippen LogP contribution in [-0.4, -0.2) is 27.7 Å². The van der Waals surface area contributed by atoms with Crippen LogP contribution in [0.3, 0.4) is 0 Å². The maximum Gasteiger partial charge on any atom is 0.516 e. The molecular formula is C13H17BN2O2. The summed E-state index contributed by atoms with van der Waals surface area (Å²) in [7, 11) is -0.394. The zero-order valence-corrected chi connectivity index (χ0v) is 11.2. The minimum absolute atomic E-state index is 0.326. The average Bonchev–Trinajstić information content (AvgIpc) is 2.78. The van der Waals surface area contributed by atoms with Gasteiger partial charge in [-0.05, 0) is 39.8 Å². The number of aromatic nitrogens is 2. The van der Waals surface area contributed by atoms with Gasteiger partial charge in [0.05, 0.1) is 16.8 Å². The Labute approximate surface area is 107 Å². The molecule has 3 heterocycles. The summed E-state index contributed by atoms with van der Waals surface area (Å²) in [6, 6.07) is 5.91. The van der Waals surface area contributed by atoms with Crippen LogP contribution in [0.15, 0.2) is 30.6 Å². The van der Waals surface area contributed by atoms with Crippen molar-refractivity contribution in [3.63, 3.8) is 0 Å². The number of rotatable bonds is 1. The van der Waals surface area contributed by atoms with Crippen molar-refractivity contribution in [1.29, 1.82) is 0 Å². The fourth-order valence-electron chi connectivity index (χ4n) is 2.03. The molecule has 1 saturated heterocycles. The highest BCUT2D eigenvalue weighted by molar-refractivity contribution is 6.61. The van der Waals surface area contributed by atoms with Crippen LogP contribution >= 0.6 is 0 Å². The largest absolute Gasteiger partial charge is 0.516 e. The quantitative estimate of drug-likeness (QED) is 0.715. The molecule has 0 amide bonds. The fraction of sp³-hybridized carbons (Fsp3) is 0.462. The van der Waals surface area contributed by atoms with Crippen molar-refractivity contribution in [3.05, 3.63) is 30.6 Å². The van der Waals surface area contributed by atoms with Gasteiger partial charge in [-0.15, -0.1) is 0 Å². The second-order valence-electron chi connectivity index (χ2n) is 5.72. The minimum Gasteiger partial charge on any atom is -0.398 e. The van der Waals surface area contributed by atoms with E-state index in [1.54, 1.807) is 0 Å². The number of pyridine rings is 1. The molecule has 18 heavy (non-hydrogen) atoms. The first kappa shape index (κ1) is 11.7. The molecule has 1 fully saturated rings. The Hall–Kier alpha value is -1.33. The van der Waals surface area contributed by atoms with Gasteiger partial charge in [-0.2, -0.15) is 0 Å². The molecule has 4 nitrogen and oxygen atoms in total. The lowest BCUT2D eigenvalue weighted by atomic mass is 9.86. The molecule has 0 atom stereocenters. The predicted octanol–water partition coefficient (Wildman–Crippen LogP) is 1.63. The highest BCUT2D eigenvalue weighted by Gasteiger charge is 2.52. The van der Waals surface area contributed by atoms with Gasteiger partial charge in [0.1, 0.15) is 5.65 Å². The van der Waals surface area contributed by atoms with Gasteiger partial charge < -0.3 is 13.7 Å². The standard InChI is InChI=1S/C13H17BN2O2/c1-12(2)13(3,4)18-14(17-12)10-9-16-8-6-5-7-11(16)15-10/h5-9H,1-4H3. The SMILES string of the molecule is CC1(C)OB(c2cn3ccccc3n2)OC1(C)C. The molecule has 0 aliphatic carbocycles. The molecule has 1 aliphatic rings. The molecular weight excluding hydrogens is 227 g/mol. The summed E-state index contributed by atoms with van der Waals surface area (Å²) in [5.41, 5.74) is 1.07. The van der Waals surface area contributed by atoms with Crippen LogP contribution in [0.25, 0.3) is 5.65 Å². The molecule has 0 radical (unpaired) electrons. The number of hydrogen-bond donors (Lipinski definition) is 0. The molecule has 2 aromatic heterocycles. The molecule has 3 rings (SSSR count). The number of hydrogen-bond acceptors (Lipinski definition) is 3. The van der Waals surface area contributed by atoms with Crippen molar-refractivity contribution in [2.24, 2.45) is 0 Å². The van der Waals surface area contributed by atoms with Crippen LogP contribution in [0.5, 0.6) is 0 Å². The van der Waals surface area contributed by atoms with E-state index in [2.05, 4.69) is 4.98 Å². The van der Waals surface area contributed by atoms with Gasteiger partial charge in [-0.1, -0.05) is 6.07 Å². The van der Waals surface area contributed by atoms with Crippen LogP contribution in [0.2, 0.25) is 0 Å².